The molecule has 34 heavy (non-hydrogen) atoms. The second kappa shape index (κ2) is 9.38. The first kappa shape index (κ1) is 22.9. The van der Waals surface area contributed by atoms with Gasteiger partial charge in [0, 0.05) is 31.0 Å². The Hall–Kier alpha value is -2.91. The average Bonchev–Trinajstić information content (AvgIpc) is 3.42. The third-order valence-corrected chi connectivity index (χ3v) is 9.07. The fraction of sp³-hybridized carbons (Fsp3) is 0.440. The van der Waals surface area contributed by atoms with Crippen LogP contribution in [-0.2, 0) is 25.9 Å². The molecule has 0 spiro atoms. The summed E-state index contributed by atoms with van der Waals surface area (Å²) in [5.74, 6) is -0.314. The van der Waals surface area contributed by atoms with Crippen molar-refractivity contribution >= 4 is 15.8 Å². The van der Waals surface area contributed by atoms with Gasteiger partial charge in [0.05, 0.1) is 22.2 Å². The molecule has 2 fully saturated rings. The smallest absolute Gasteiger partial charge is 0.323 e. The number of aromatic amines is 1. The van der Waals surface area contributed by atoms with Gasteiger partial charge in [-0.15, -0.1) is 0 Å². The minimum atomic E-state index is -3.22. The summed E-state index contributed by atoms with van der Waals surface area (Å²) in [7, 11) is -3.22. The highest BCUT2D eigenvalue weighted by Crippen LogP contribution is 2.37. The Bertz CT molecular complexity index is 1250. The van der Waals surface area contributed by atoms with Crippen LogP contribution in [0.25, 0.3) is 11.4 Å². The maximum absolute atomic E-state index is 12.6. The lowest BCUT2D eigenvalue weighted by Crippen LogP contribution is -2.19. The van der Waals surface area contributed by atoms with Crippen LogP contribution in [0.1, 0.15) is 49.3 Å². The third-order valence-electron chi connectivity index (χ3n) is 6.80. The predicted molar refractivity (Wildman–Crippen MR) is 126 cm³/mol. The van der Waals surface area contributed by atoms with Gasteiger partial charge in [0.2, 0.25) is 0 Å². The Kier molecular flexibility index (Phi) is 6.31. The Morgan fingerprint density at radius 1 is 1.12 bits per heavy atom. The van der Waals surface area contributed by atoms with Gasteiger partial charge in [-0.3, -0.25) is 4.79 Å². The highest BCUT2D eigenvalue weighted by atomic mass is 32.2. The molecule has 180 valence electrons. The number of carbonyl (C=O) groups is 1. The molecular weight excluding hydrogens is 454 g/mol. The normalized spacial score (nSPS) is 18.1. The van der Waals surface area contributed by atoms with Crippen LogP contribution >= 0.6 is 0 Å². The van der Waals surface area contributed by atoms with Crippen LogP contribution in [0.15, 0.2) is 53.8 Å². The lowest BCUT2D eigenvalue weighted by molar-refractivity contribution is -0.137. The largest absolute Gasteiger partial charge is 0.480 e. The van der Waals surface area contributed by atoms with E-state index in [9.17, 15) is 13.2 Å². The molecule has 3 aromatic rings. The highest BCUT2D eigenvalue weighted by Gasteiger charge is 2.37. The monoisotopic (exact) mass is 483 g/mol. The number of rotatable bonds is 9. The molecule has 2 aliphatic rings. The molecule has 0 radical (unpaired) electrons. The minimum absolute atomic E-state index is 0.0793. The van der Waals surface area contributed by atoms with Gasteiger partial charge in [0.1, 0.15) is 12.2 Å². The van der Waals surface area contributed by atoms with E-state index in [1.807, 2.05) is 24.3 Å². The van der Waals surface area contributed by atoms with Crippen LogP contribution < -0.4 is 0 Å². The quantitative estimate of drug-likeness (QED) is 0.478. The molecule has 0 bridgehead atoms. The van der Waals surface area contributed by atoms with Crippen molar-refractivity contribution in [2.75, 3.05) is 13.2 Å². The Balaban J connectivity index is 1.42. The molecule has 9 heteroatoms. The third kappa shape index (κ3) is 4.95. The number of benzene rings is 1. The molecule has 2 aromatic heterocycles. The van der Waals surface area contributed by atoms with E-state index in [4.69, 9.17) is 9.84 Å². The number of hydrogen-bond donors (Lipinski definition) is 2. The SMILES string of the molecule is O=C(O)Cn1cnc(-c2ccc(C(CC3CCOCC3)c3ccc(S(=O)(=O)C4CC4)cc3)[nH]2)c1. The zero-order chi connectivity index (χ0) is 23.7. The van der Waals surface area contributed by atoms with Crippen molar-refractivity contribution in [1.29, 1.82) is 0 Å². The number of carboxylic acid groups (broad SMARTS) is 1. The van der Waals surface area contributed by atoms with Crippen molar-refractivity contribution < 1.29 is 23.1 Å². The number of ether oxygens (including phenoxy) is 1. The number of hydrogen-bond acceptors (Lipinski definition) is 5. The second-order valence-corrected chi connectivity index (χ2v) is 11.5. The summed E-state index contributed by atoms with van der Waals surface area (Å²) in [6.07, 6.45) is 7.70. The molecule has 2 N–H and O–H groups in total. The van der Waals surface area contributed by atoms with Crippen LogP contribution in [0, 0.1) is 5.92 Å². The van der Waals surface area contributed by atoms with Crippen molar-refractivity contribution in [3.05, 3.63) is 60.2 Å². The van der Waals surface area contributed by atoms with E-state index >= 15 is 0 Å². The van der Waals surface area contributed by atoms with Gasteiger partial charge in [-0.2, -0.15) is 0 Å². The summed E-state index contributed by atoms with van der Waals surface area (Å²) in [5.41, 5.74) is 3.62. The van der Waals surface area contributed by atoms with Crippen molar-refractivity contribution in [1.82, 2.24) is 14.5 Å². The standard InChI is InChI=1S/C25H29N3O5S/c29-25(30)15-28-14-24(26-16-28)23-8-7-22(27-23)21(13-17-9-11-33-12-10-17)18-1-3-19(4-2-18)34(31,32)20-5-6-20/h1-4,7-8,14,16-17,20-21,27H,5-6,9-13,15H2,(H,29,30). The summed E-state index contributed by atoms with van der Waals surface area (Å²) in [6, 6.07) is 11.4. The van der Waals surface area contributed by atoms with E-state index in [1.165, 1.54) is 10.9 Å². The van der Waals surface area contributed by atoms with Gasteiger partial charge < -0.3 is 19.4 Å². The molecule has 1 aliphatic carbocycles. The van der Waals surface area contributed by atoms with Crippen molar-refractivity contribution in [2.24, 2.45) is 5.92 Å². The van der Waals surface area contributed by atoms with Crippen LogP contribution in [0.2, 0.25) is 0 Å². The zero-order valence-corrected chi connectivity index (χ0v) is 19.7. The summed E-state index contributed by atoms with van der Waals surface area (Å²) in [6.45, 7) is 1.41. The van der Waals surface area contributed by atoms with E-state index in [-0.39, 0.29) is 17.7 Å². The zero-order valence-electron chi connectivity index (χ0n) is 18.9. The molecule has 1 saturated heterocycles. The number of nitrogens with zero attached hydrogens (tertiary/aromatic N) is 2. The van der Waals surface area contributed by atoms with Crippen LogP contribution in [0.5, 0.6) is 0 Å². The van der Waals surface area contributed by atoms with Crippen LogP contribution in [-0.4, -0.2) is 52.5 Å². The maximum Gasteiger partial charge on any atom is 0.323 e. The first-order chi connectivity index (χ1) is 16.4. The first-order valence-corrected chi connectivity index (χ1v) is 13.3. The van der Waals surface area contributed by atoms with Gasteiger partial charge >= 0.3 is 5.97 Å². The summed E-state index contributed by atoms with van der Waals surface area (Å²) >= 11 is 0. The fourth-order valence-corrected chi connectivity index (χ4v) is 6.38. The van der Waals surface area contributed by atoms with Crippen molar-refractivity contribution in [3.8, 4) is 11.4 Å². The summed E-state index contributed by atoms with van der Waals surface area (Å²) in [4.78, 5) is 19.2. The number of aliphatic carboxylic acids is 1. The number of imidazole rings is 1. The van der Waals surface area contributed by atoms with E-state index in [0.717, 1.165) is 62.3 Å². The van der Waals surface area contributed by atoms with Gasteiger partial charge in [-0.25, -0.2) is 13.4 Å². The number of sulfone groups is 1. The Morgan fingerprint density at radius 2 is 1.85 bits per heavy atom. The van der Waals surface area contributed by atoms with E-state index < -0.39 is 15.8 Å². The highest BCUT2D eigenvalue weighted by molar-refractivity contribution is 7.92. The average molecular weight is 484 g/mol. The topological polar surface area (TPSA) is 114 Å². The molecule has 3 heterocycles. The lowest BCUT2D eigenvalue weighted by Gasteiger charge is -2.27. The molecule has 1 aliphatic heterocycles. The molecular formula is C25H29N3O5S. The number of nitrogens with one attached hydrogen (secondary N) is 1. The minimum Gasteiger partial charge on any atom is -0.480 e. The number of carboxylic acids is 1. The second-order valence-electron chi connectivity index (χ2n) is 9.31. The van der Waals surface area contributed by atoms with Crippen LogP contribution in [0.4, 0.5) is 0 Å². The maximum atomic E-state index is 12.6. The lowest BCUT2D eigenvalue weighted by atomic mass is 9.83. The van der Waals surface area contributed by atoms with Crippen molar-refractivity contribution in [3.63, 3.8) is 0 Å². The fourth-order valence-electron chi connectivity index (χ4n) is 4.73. The van der Waals surface area contributed by atoms with Crippen molar-refractivity contribution in [2.45, 2.75) is 54.7 Å². The van der Waals surface area contributed by atoms with Gasteiger partial charge in [0.15, 0.2) is 9.84 Å². The molecule has 8 nitrogen and oxygen atoms in total. The van der Waals surface area contributed by atoms with Gasteiger partial charge in [0.25, 0.3) is 0 Å². The molecule has 1 saturated carbocycles. The predicted octanol–water partition coefficient (Wildman–Crippen LogP) is 3.85. The van der Waals surface area contributed by atoms with Gasteiger partial charge in [-0.05, 0) is 67.9 Å². The summed E-state index contributed by atoms with van der Waals surface area (Å²) in [5, 5.41) is 8.79. The van der Waals surface area contributed by atoms with Crippen LogP contribution in [0.3, 0.4) is 0 Å². The molecule has 5 rings (SSSR count). The first-order valence-electron chi connectivity index (χ1n) is 11.7. The van der Waals surface area contributed by atoms with E-state index in [2.05, 4.69) is 9.97 Å². The molecule has 1 unspecified atom stereocenters. The summed E-state index contributed by atoms with van der Waals surface area (Å²) < 4.78 is 32.3. The van der Waals surface area contributed by atoms with E-state index in [1.54, 1.807) is 18.3 Å². The number of H-pyrrole nitrogens is 1. The Morgan fingerprint density at radius 3 is 2.53 bits per heavy atom. The molecule has 1 atom stereocenters. The number of aromatic nitrogens is 3. The van der Waals surface area contributed by atoms with Gasteiger partial charge in [-0.1, -0.05) is 12.1 Å². The molecule has 0 amide bonds. The Labute approximate surface area is 198 Å². The van der Waals surface area contributed by atoms with E-state index in [0.29, 0.717) is 16.5 Å². The molecule has 1 aromatic carbocycles.